The number of carbonyl (C=O) groups excluding carboxylic acids is 1. The number of nitrogens with one attached hydrogen (secondary N) is 1. The molecule has 1 atom stereocenters. The van der Waals surface area contributed by atoms with E-state index in [0.717, 1.165) is 12.1 Å². The molecule has 0 aliphatic rings. The van der Waals surface area contributed by atoms with Gasteiger partial charge in [-0.25, -0.2) is 13.6 Å². The topological polar surface area (TPSA) is 75.5 Å². The van der Waals surface area contributed by atoms with E-state index in [1.807, 2.05) is 0 Å². The summed E-state index contributed by atoms with van der Waals surface area (Å²) in [5, 5.41) is 13.5. The number of nitro groups is 1. The Bertz CT molecular complexity index is 798. The molecule has 0 aliphatic carbocycles. The van der Waals surface area contributed by atoms with Gasteiger partial charge in [0.05, 0.1) is 11.0 Å². The third-order valence-corrected chi connectivity index (χ3v) is 3.67. The van der Waals surface area contributed by atoms with Crippen molar-refractivity contribution in [3.63, 3.8) is 0 Å². The van der Waals surface area contributed by atoms with E-state index in [2.05, 4.69) is 5.32 Å². The fraction of sp³-hybridized carbons (Fsp3) is 0.235. The quantitative estimate of drug-likeness (QED) is 0.659. The van der Waals surface area contributed by atoms with E-state index in [9.17, 15) is 23.7 Å². The Morgan fingerprint density at radius 1 is 1.24 bits per heavy atom. The maximum atomic E-state index is 13.2. The lowest BCUT2D eigenvalue weighted by atomic mass is 10.1. The molecule has 0 fully saturated rings. The number of benzene rings is 2. The van der Waals surface area contributed by atoms with Gasteiger partial charge in [0.1, 0.15) is 0 Å². The van der Waals surface area contributed by atoms with Gasteiger partial charge in [-0.1, -0.05) is 18.2 Å². The van der Waals surface area contributed by atoms with Crippen LogP contribution in [0.1, 0.15) is 24.1 Å². The summed E-state index contributed by atoms with van der Waals surface area (Å²) in [7, 11) is 1.51. The molecule has 132 valence electrons. The lowest BCUT2D eigenvalue weighted by molar-refractivity contribution is -0.384. The van der Waals surface area contributed by atoms with Gasteiger partial charge in [0.25, 0.3) is 5.69 Å². The van der Waals surface area contributed by atoms with Crippen LogP contribution in [0.25, 0.3) is 0 Å². The standard InChI is InChI=1S/C17H17F2N3O3/c1-11(13-4-3-5-14(9-13)22(24)25)20-17(23)21(2)10-12-6-7-15(18)16(19)8-12/h3-9,11H,10H2,1-2H3,(H,20,23). The maximum absolute atomic E-state index is 13.2. The van der Waals surface area contributed by atoms with Crippen LogP contribution < -0.4 is 5.32 Å². The molecular formula is C17H17F2N3O3. The molecule has 2 aromatic rings. The number of urea groups is 1. The molecular weight excluding hydrogens is 332 g/mol. The number of hydrogen-bond donors (Lipinski definition) is 1. The summed E-state index contributed by atoms with van der Waals surface area (Å²) < 4.78 is 26.1. The first-order valence-electron chi connectivity index (χ1n) is 7.48. The van der Waals surface area contributed by atoms with Gasteiger partial charge in [-0.3, -0.25) is 10.1 Å². The number of hydrogen-bond acceptors (Lipinski definition) is 3. The first-order chi connectivity index (χ1) is 11.8. The molecule has 0 aliphatic heterocycles. The SMILES string of the molecule is CC(NC(=O)N(C)Cc1ccc(F)c(F)c1)c1cccc([N+](=O)[O-])c1. The summed E-state index contributed by atoms with van der Waals surface area (Å²) in [6.07, 6.45) is 0. The molecule has 1 N–H and O–H groups in total. The molecule has 2 amide bonds. The zero-order chi connectivity index (χ0) is 18.6. The molecule has 0 heterocycles. The van der Waals surface area contributed by atoms with Crippen molar-refractivity contribution in [3.05, 3.63) is 75.3 Å². The van der Waals surface area contributed by atoms with Crippen molar-refractivity contribution in [2.45, 2.75) is 19.5 Å². The molecule has 0 aromatic heterocycles. The third-order valence-electron chi connectivity index (χ3n) is 3.67. The van der Waals surface area contributed by atoms with Crippen molar-refractivity contribution in [2.75, 3.05) is 7.05 Å². The smallest absolute Gasteiger partial charge is 0.317 e. The van der Waals surface area contributed by atoms with Gasteiger partial charge in [0, 0.05) is 25.7 Å². The molecule has 8 heteroatoms. The fourth-order valence-electron chi connectivity index (χ4n) is 2.27. The normalized spacial score (nSPS) is 11.7. The molecule has 2 aromatic carbocycles. The van der Waals surface area contributed by atoms with Crippen LogP contribution >= 0.6 is 0 Å². The number of halogens is 2. The van der Waals surface area contributed by atoms with Crippen LogP contribution in [0.5, 0.6) is 0 Å². The minimum atomic E-state index is -0.976. The summed E-state index contributed by atoms with van der Waals surface area (Å²) in [6.45, 7) is 1.78. The number of non-ortho nitro benzene ring substituents is 1. The Kier molecular flexibility index (Phi) is 5.63. The summed E-state index contributed by atoms with van der Waals surface area (Å²) >= 11 is 0. The molecule has 0 radical (unpaired) electrons. The lowest BCUT2D eigenvalue weighted by Gasteiger charge is -2.21. The number of nitrogens with zero attached hydrogens (tertiary/aromatic N) is 2. The first-order valence-corrected chi connectivity index (χ1v) is 7.48. The predicted octanol–water partition coefficient (Wildman–Crippen LogP) is 3.78. The Hall–Kier alpha value is -3.03. The minimum Gasteiger partial charge on any atom is -0.331 e. The molecule has 1 unspecified atom stereocenters. The van der Waals surface area contributed by atoms with Crippen molar-refractivity contribution >= 4 is 11.7 Å². The van der Waals surface area contributed by atoms with E-state index in [4.69, 9.17) is 0 Å². The van der Waals surface area contributed by atoms with E-state index < -0.39 is 28.6 Å². The Labute approximate surface area is 143 Å². The van der Waals surface area contributed by atoms with Crippen LogP contribution in [-0.4, -0.2) is 22.9 Å². The number of nitro benzene ring substituents is 1. The highest BCUT2D eigenvalue weighted by Gasteiger charge is 2.16. The summed E-state index contributed by atoms with van der Waals surface area (Å²) in [6, 6.07) is 8.50. The fourth-order valence-corrected chi connectivity index (χ4v) is 2.27. The molecule has 0 spiro atoms. The second-order valence-corrected chi connectivity index (χ2v) is 5.63. The van der Waals surface area contributed by atoms with Crippen molar-refractivity contribution in [3.8, 4) is 0 Å². The molecule has 25 heavy (non-hydrogen) atoms. The highest BCUT2D eigenvalue weighted by molar-refractivity contribution is 5.74. The third kappa shape index (κ3) is 4.72. The molecule has 0 bridgehead atoms. The van der Waals surface area contributed by atoms with Gasteiger partial charge in [-0.2, -0.15) is 0 Å². The summed E-state index contributed by atoms with van der Waals surface area (Å²) in [5.41, 5.74) is 0.970. The van der Waals surface area contributed by atoms with Crippen LogP contribution in [0.2, 0.25) is 0 Å². The van der Waals surface area contributed by atoms with Crippen molar-refractivity contribution in [2.24, 2.45) is 0 Å². The van der Waals surface area contributed by atoms with Crippen LogP contribution in [0.3, 0.4) is 0 Å². The Morgan fingerprint density at radius 2 is 1.96 bits per heavy atom. The van der Waals surface area contributed by atoms with Gasteiger partial charge >= 0.3 is 6.03 Å². The minimum absolute atomic E-state index is 0.0614. The van der Waals surface area contributed by atoms with Crippen LogP contribution in [0.4, 0.5) is 19.3 Å². The van der Waals surface area contributed by atoms with Crippen molar-refractivity contribution < 1.29 is 18.5 Å². The largest absolute Gasteiger partial charge is 0.331 e. The molecule has 2 rings (SSSR count). The van der Waals surface area contributed by atoms with Gasteiger partial charge in [0.15, 0.2) is 11.6 Å². The van der Waals surface area contributed by atoms with Gasteiger partial charge in [0.2, 0.25) is 0 Å². The zero-order valence-electron chi connectivity index (χ0n) is 13.7. The van der Waals surface area contributed by atoms with Crippen LogP contribution in [-0.2, 0) is 6.54 Å². The number of amides is 2. The van der Waals surface area contributed by atoms with Gasteiger partial charge in [-0.15, -0.1) is 0 Å². The summed E-state index contributed by atoms with van der Waals surface area (Å²) in [4.78, 5) is 23.8. The molecule has 0 saturated carbocycles. The van der Waals surface area contributed by atoms with Crippen LogP contribution in [0, 0.1) is 21.7 Å². The van der Waals surface area contributed by atoms with E-state index >= 15 is 0 Å². The van der Waals surface area contributed by atoms with E-state index in [-0.39, 0.29) is 12.2 Å². The number of rotatable bonds is 5. The maximum Gasteiger partial charge on any atom is 0.317 e. The van der Waals surface area contributed by atoms with E-state index in [1.54, 1.807) is 19.1 Å². The molecule has 0 saturated heterocycles. The van der Waals surface area contributed by atoms with Gasteiger partial charge < -0.3 is 10.2 Å². The predicted molar refractivity (Wildman–Crippen MR) is 87.9 cm³/mol. The average molecular weight is 349 g/mol. The van der Waals surface area contributed by atoms with E-state index in [0.29, 0.717) is 11.1 Å². The monoisotopic (exact) mass is 349 g/mol. The molecule has 6 nitrogen and oxygen atoms in total. The zero-order valence-corrected chi connectivity index (χ0v) is 13.7. The lowest BCUT2D eigenvalue weighted by Crippen LogP contribution is -2.38. The highest BCUT2D eigenvalue weighted by Crippen LogP contribution is 2.19. The first kappa shape index (κ1) is 18.3. The summed E-state index contributed by atoms with van der Waals surface area (Å²) in [5.74, 6) is -1.92. The highest BCUT2D eigenvalue weighted by atomic mass is 19.2. The second-order valence-electron chi connectivity index (χ2n) is 5.63. The Balaban J connectivity index is 2.01. The second kappa shape index (κ2) is 7.69. The number of carbonyl (C=O) groups is 1. The average Bonchev–Trinajstić information content (AvgIpc) is 2.58. The van der Waals surface area contributed by atoms with Gasteiger partial charge in [-0.05, 0) is 30.2 Å². The van der Waals surface area contributed by atoms with Crippen LogP contribution in [0.15, 0.2) is 42.5 Å². The van der Waals surface area contributed by atoms with E-state index in [1.165, 1.54) is 30.1 Å². The van der Waals surface area contributed by atoms with Crippen molar-refractivity contribution in [1.82, 2.24) is 10.2 Å². The Morgan fingerprint density at radius 3 is 2.60 bits per heavy atom. The van der Waals surface area contributed by atoms with Crippen molar-refractivity contribution in [1.29, 1.82) is 0 Å².